The highest BCUT2D eigenvalue weighted by Gasteiger charge is 2.31. The number of carbonyl (C=O) groups excluding carboxylic acids is 1. The molecule has 2 rings (SSSR count). The Labute approximate surface area is 154 Å². The average Bonchev–Trinajstić information content (AvgIpc) is 3.06. The highest BCUT2D eigenvalue weighted by molar-refractivity contribution is 5.95. The fourth-order valence-electron chi connectivity index (χ4n) is 4.08. The van der Waals surface area contributed by atoms with Crippen LogP contribution in [0, 0.1) is 0 Å². The van der Waals surface area contributed by atoms with Crippen molar-refractivity contribution in [2.45, 2.75) is 122 Å². The maximum atomic E-state index is 12.4. The minimum absolute atomic E-state index is 0.176. The van der Waals surface area contributed by atoms with Crippen LogP contribution in [-0.4, -0.2) is 11.9 Å². The third kappa shape index (κ3) is 7.52. The number of hydrogen-bond donors (Lipinski definition) is 1. The van der Waals surface area contributed by atoms with E-state index < -0.39 is 0 Å². The van der Waals surface area contributed by atoms with Crippen LogP contribution in [0.25, 0.3) is 0 Å². The van der Waals surface area contributed by atoms with Crippen LogP contribution in [0.1, 0.15) is 116 Å². The molecule has 3 nitrogen and oxygen atoms in total. The minimum Gasteiger partial charge on any atom is -0.292 e. The maximum absolute atomic E-state index is 12.4. The summed E-state index contributed by atoms with van der Waals surface area (Å²) in [5.74, 6) is 0.270. The third-order valence-corrected chi connectivity index (χ3v) is 5.71. The van der Waals surface area contributed by atoms with Crippen LogP contribution < -0.4 is 5.48 Å². The number of ketones is 1. The first-order valence-electron chi connectivity index (χ1n) is 11.0. The first-order valence-corrected chi connectivity index (χ1v) is 11.0. The van der Waals surface area contributed by atoms with E-state index >= 15 is 0 Å². The number of allylic oxidation sites excluding steroid dienone is 1. The van der Waals surface area contributed by atoms with Crippen molar-refractivity contribution in [3.05, 3.63) is 11.3 Å². The van der Waals surface area contributed by atoms with Gasteiger partial charge < -0.3 is 0 Å². The largest absolute Gasteiger partial charge is 0.292 e. The molecule has 0 aromatic carbocycles. The molecular weight excluding hydrogens is 310 g/mol. The van der Waals surface area contributed by atoms with Crippen molar-refractivity contribution in [1.82, 2.24) is 5.48 Å². The molecule has 0 aromatic heterocycles. The van der Waals surface area contributed by atoms with Gasteiger partial charge in [-0.15, -0.1) is 0 Å². The summed E-state index contributed by atoms with van der Waals surface area (Å²) in [5, 5.41) is 0. The summed E-state index contributed by atoms with van der Waals surface area (Å²) in [7, 11) is 0. The SMILES string of the molecule is CCCCCCCCCCCCCCC(=O)C1=C2CCCCC2ON1. The fraction of sp³-hybridized carbons (Fsp3) is 0.864. The lowest BCUT2D eigenvalue weighted by atomic mass is 9.90. The summed E-state index contributed by atoms with van der Waals surface area (Å²) < 4.78 is 0. The van der Waals surface area contributed by atoms with Crippen LogP contribution in [0.2, 0.25) is 0 Å². The quantitative estimate of drug-likeness (QED) is 0.370. The van der Waals surface area contributed by atoms with Gasteiger partial charge >= 0.3 is 0 Å². The standard InChI is InChI=1S/C22H39NO2/c1-2-3-4-5-6-7-8-9-10-11-12-13-17-20(24)22-19-16-14-15-18-21(19)25-23-22/h21,23H,2-18H2,1H3. The zero-order valence-electron chi connectivity index (χ0n) is 16.4. The van der Waals surface area contributed by atoms with Gasteiger partial charge in [-0.2, -0.15) is 0 Å². The second kappa shape index (κ2) is 12.5. The van der Waals surface area contributed by atoms with Crippen LogP contribution in [-0.2, 0) is 9.63 Å². The Hall–Kier alpha value is -0.830. The van der Waals surface area contributed by atoms with Gasteiger partial charge in [0.2, 0.25) is 0 Å². The van der Waals surface area contributed by atoms with Gasteiger partial charge in [-0.05, 0) is 31.3 Å². The van der Waals surface area contributed by atoms with Crippen LogP contribution in [0.5, 0.6) is 0 Å². The van der Waals surface area contributed by atoms with E-state index in [2.05, 4.69) is 12.4 Å². The number of hydroxylamine groups is 1. The summed E-state index contributed by atoms with van der Waals surface area (Å²) in [6.45, 7) is 2.27. The molecule has 0 saturated heterocycles. The Morgan fingerprint density at radius 2 is 1.52 bits per heavy atom. The van der Waals surface area contributed by atoms with E-state index in [-0.39, 0.29) is 11.9 Å². The van der Waals surface area contributed by atoms with Crippen molar-refractivity contribution < 1.29 is 9.63 Å². The van der Waals surface area contributed by atoms with Gasteiger partial charge in [0, 0.05) is 6.42 Å². The van der Waals surface area contributed by atoms with Crippen molar-refractivity contribution in [2.24, 2.45) is 0 Å². The highest BCUT2D eigenvalue weighted by Crippen LogP contribution is 2.32. The summed E-state index contributed by atoms with van der Waals surface area (Å²) in [4.78, 5) is 17.9. The zero-order valence-corrected chi connectivity index (χ0v) is 16.4. The molecule has 1 fully saturated rings. The number of nitrogens with one attached hydrogen (secondary N) is 1. The smallest absolute Gasteiger partial charge is 0.181 e. The number of hydrogen-bond acceptors (Lipinski definition) is 3. The van der Waals surface area contributed by atoms with Crippen molar-refractivity contribution in [2.75, 3.05) is 0 Å². The third-order valence-electron chi connectivity index (χ3n) is 5.71. The second-order valence-electron chi connectivity index (χ2n) is 7.92. The Morgan fingerprint density at radius 3 is 2.16 bits per heavy atom. The molecule has 2 aliphatic rings. The molecule has 0 spiro atoms. The molecule has 0 bridgehead atoms. The molecule has 1 heterocycles. The number of unbranched alkanes of at least 4 members (excludes halogenated alkanes) is 11. The summed E-state index contributed by atoms with van der Waals surface area (Å²) >= 11 is 0. The van der Waals surface area contributed by atoms with Crippen molar-refractivity contribution in [3.8, 4) is 0 Å². The molecule has 1 unspecified atom stereocenters. The van der Waals surface area contributed by atoms with Crippen molar-refractivity contribution in [1.29, 1.82) is 0 Å². The molecule has 0 amide bonds. The fourth-order valence-corrected chi connectivity index (χ4v) is 4.08. The van der Waals surface area contributed by atoms with Gasteiger partial charge in [0.1, 0.15) is 11.8 Å². The summed E-state index contributed by atoms with van der Waals surface area (Å²) in [6.07, 6.45) is 21.4. The topological polar surface area (TPSA) is 38.3 Å². The lowest BCUT2D eigenvalue weighted by Crippen LogP contribution is -2.17. The van der Waals surface area contributed by atoms with E-state index in [1.54, 1.807) is 0 Å². The molecule has 1 N–H and O–H groups in total. The van der Waals surface area contributed by atoms with E-state index in [4.69, 9.17) is 4.84 Å². The van der Waals surface area contributed by atoms with Crippen LogP contribution in [0.3, 0.4) is 0 Å². The molecule has 0 radical (unpaired) electrons. The molecule has 0 aromatic rings. The van der Waals surface area contributed by atoms with Crippen molar-refractivity contribution in [3.63, 3.8) is 0 Å². The predicted molar refractivity (Wildman–Crippen MR) is 104 cm³/mol. The van der Waals surface area contributed by atoms with E-state index in [1.165, 1.54) is 89.0 Å². The minimum atomic E-state index is 0.176. The summed E-state index contributed by atoms with van der Waals surface area (Å²) in [5.41, 5.74) is 4.97. The first kappa shape index (κ1) is 20.5. The Morgan fingerprint density at radius 1 is 0.920 bits per heavy atom. The normalized spacial score (nSPS) is 19.8. The molecule has 1 atom stereocenters. The molecule has 1 saturated carbocycles. The van der Waals surface area contributed by atoms with E-state index in [0.29, 0.717) is 6.42 Å². The molecule has 1 aliphatic heterocycles. The van der Waals surface area contributed by atoms with Gasteiger partial charge in [-0.25, -0.2) is 0 Å². The Kier molecular flexibility index (Phi) is 10.3. The van der Waals surface area contributed by atoms with Gasteiger partial charge in [0.05, 0.1) is 0 Å². The van der Waals surface area contributed by atoms with Gasteiger partial charge in [0.15, 0.2) is 5.78 Å². The van der Waals surface area contributed by atoms with E-state index in [1.807, 2.05) is 0 Å². The van der Waals surface area contributed by atoms with Crippen molar-refractivity contribution >= 4 is 5.78 Å². The highest BCUT2D eigenvalue weighted by atomic mass is 16.7. The molecular formula is C22H39NO2. The molecule has 25 heavy (non-hydrogen) atoms. The molecule has 3 heteroatoms. The van der Waals surface area contributed by atoms with E-state index in [0.717, 1.165) is 25.0 Å². The van der Waals surface area contributed by atoms with Gasteiger partial charge in [0.25, 0.3) is 0 Å². The predicted octanol–water partition coefficient (Wildman–Crippen LogP) is 6.38. The van der Waals surface area contributed by atoms with Gasteiger partial charge in [-0.1, -0.05) is 84.0 Å². The number of carbonyl (C=O) groups is 1. The summed E-state index contributed by atoms with van der Waals surface area (Å²) in [6, 6.07) is 0. The molecule has 144 valence electrons. The average molecular weight is 350 g/mol. The number of rotatable bonds is 14. The monoisotopic (exact) mass is 349 g/mol. The zero-order chi connectivity index (χ0) is 17.7. The number of Topliss-reactive ketones (excluding diaryl/α,β-unsaturated/α-hetero) is 1. The second-order valence-corrected chi connectivity index (χ2v) is 7.92. The first-order chi connectivity index (χ1) is 12.3. The molecule has 1 aliphatic carbocycles. The lowest BCUT2D eigenvalue weighted by molar-refractivity contribution is -0.117. The Balaban J connectivity index is 1.44. The number of fused-ring (bicyclic) bond motifs is 1. The van der Waals surface area contributed by atoms with Gasteiger partial charge in [-0.3, -0.25) is 15.1 Å². The lowest BCUT2D eigenvalue weighted by Gasteiger charge is -2.17. The Bertz CT molecular complexity index is 416. The van der Waals surface area contributed by atoms with Crippen LogP contribution >= 0.6 is 0 Å². The van der Waals surface area contributed by atoms with E-state index in [9.17, 15) is 4.79 Å². The maximum Gasteiger partial charge on any atom is 0.181 e. The van der Waals surface area contributed by atoms with Crippen LogP contribution in [0.4, 0.5) is 0 Å². The van der Waals surface area contributed by atoms with Crippen LogP contribution in [0.15, 0.2) is 11.3 Å².